The van der Waals surface area contributed by atoms with Crippen LogP contribution >= 0.6 is 0 Å². The van der Waals surface area contributed by atoms with Gasteiger partial charge in [-0.3, -0.25) is 9.59 Å². The van der Waals surface area contributed by atoms with Crippen molar-refractivity contribution < 1.29 is 19.4 Å². The van der Waals surface area contributed by atoms with E-state index in [1.54, 1.807) is 18.1 Å². The van der Waals surface area contributed by atoms with Crippen LogP contribution in [0.25, 0.3) is 5.76 Å². The van der Waals surface area contributed by atoms with Gasteiger partial charge in [0.2, 0.25) is 0 Å². The fraction of sp³-hybridized carbons (Fsp3) is 0.360. The van der Waals surface area contributed by atoms with E-state index in [1.165, 1.54) is 0 Å². The third kappa shape index (κ3) is 3.84. The number of ether oxygens (including phenoxy) is 1. The second-order valence-electron chi connectivity index (χ2n) is 7.90. The van der Waals surface area contributed by atoms with Crippen molar-refractivity contribution in [2.24, 2.45) is 0 Å². The lowest BCUT2D eigenvalue weighted by Crippen LogP contribution is -2.30. The Balaban J connectivity index is 2.22. The van der Waals surface area contributed by atoms with E-state index in [0.29, 0.717) is 17.9 Å². The average Bonchev–Trinajstić information content (AvgIpc) is 2.97. The second-order valence-corrected chi connectivity index (χ2v) is 7.90. The number of aryl methyl sites for hydroxylation is 3. The molecular weight excluding hydrogens is 378 g/mol. The van der Waals surface area contributed by atoms with E-state index in [-0.39, 0.29) is 11.3 Å². The summed E-state index contributed by atoms with van der Waals surface area (Å²) in [5.74, 6) is -0.618. The van der Waals surface area contributed by atoms with Crippen LogP contribution in [-0.2, 0) is 9.59 Å². The maximum absolute atomic E-state index is 13.0. The number of hydrogen-bond acceptors (Lipinski definition) is 4. The summed E-state index contributed by atoms with van der Waals surface area (Å²) in [4.78, 5) is 27.5. The number of carbonyl (C=O) groups excluding carboxylic acids is 2. The van der Waals surface area contributed by atoms with Crippen molar-refractivity contribution in [2.75, 3.05) is 13.7 Å². The monoisotopic (exact) mass is 407 g/mol. The summed E-state index contributed by atoms with van der Waals surface area (Å²) in [7, 11) is 1.60. The molecule has 2 aromatic rings. The standard InChI is InChI=1S/C25H29NO4/c1-6-7-11-26-22(18-10-8-9-15(2)12-18)21(24(28)25(26)29)23(27)19-13-17(4)20(30-5)14-16(19)3/h8-10,12-14,22,27H,6-7,11H2,1-5H3/b23-21+. The molecule has 5 heteroatoms. The molecule has 158 valence electrons. The van der Waals surface area contributed by atoms with Crippen molar-refractivity contribution in [3.05, 3.63) is 69.8 Å². The Morgan fingerprint density at radius 1 is 1.10 bits per heavy atom. The summed E-state index contributed by atoms with van der Waals surface area (Å²) < 4.78 is 5.36. The van der Waals surface area contributed by atoms with Gasteiger partial charge >= 0.3 is 0 Å². The normalized spacial score (nSPS) is 18.2. The largest absolute Gasteiger partial charge is 0.507 e. The molecule has 0 aliphatic carbocycles. The number of likely N-dealkylation sites (tertiary alicyclic amines) is 1. The summed E-state index contributed by atoms with van der Waals surface area (Å²) in [5, 5.41) is 11.3. The summed E-state index contributed by atoms with van der Waals surface area (Å²) in [6.45, 7) is 8.22. The molecule has 0 bridgehead atoms. The number of rotatable bonds is 6. The molecule has 5 nitrogen and oxygen atoms in total. The van der Waals surface area contributed by atoms with E-state index in [9.17, 15) is 14.7 Å². The van der Waals surface area contributed by atoms with Crippen LogP contribution in [0.3, 0.4) is 0 Å². The van der Waals surface area contributed by atoms with Gasteiger partial charge in [-0.2, -0.15) is 0 Å². The third-order valence-electron chi connectivity index (χ3n) is 5.65. The quantitative estimate of drug-likeness (QED) is 0.423. The highest BCUT2D eigenvalue weighted by atomic mass is 16.5. The number of aliphatic hydroxyl groups is 1. The number of carbonyl (C=O) groups is 2. The molecule has 0 spiro atoms. The number of hydrogen-bond donors (Lipinski definition) is 1. The number of Topliss-reactive ketones (excluding diaryl/α,β-unsaturated/α-hetero) is 1. The number of unbranched alkanes of at least 4 members (excludes halogenated alkanes) is 1. The van der Waals surface area contributed by atoms with E-state index >= 15 is 0 Å². The van der Waals surface area contributed by atoms with Crippen LogP contribution in [0.1, 0.15) is 53.6 Å². The third-order valence-corrected chi connectivity index (χ3v) is 5.65. The molecule has 0 aromatic heterocycles. The lowest BCUT2D eigenvalue weighted by Gasteiger charge is -2.25. The maximum atomic E-state index is 13.0. The van der Waals surface area contributed by atoms with Crippen LogP contribution in [-0.4, -0.2) is 35.4 Å². The number of amides is 1. The van der Waals surface area contributed by atoms with Gasteiger partial charge in [-0.25, -0.2) is 0 Å². The van der Waals surface area contributed by atoms with E-state index in [4.69, 9.17) is 4.74 Å². The summed E-state index contributed by atoms with van der Waals surface area (Å²) in [5.41, 5.74) is 4.17. The van der Waals surface area contributed by atoms with E-state index in [1.807, 2.05) is 58.0 Å². The molecule has 2 aromatic carbocycles. The zero-order valence-electron chi connectivity index (χ0n) is 18.3. The Morgan fingerprint density at radius 2 is 1.83 bits per heavy atom. The molecule has 1 fully saturated rings. The summed E-state index contributed by atoms with van der Waals surface area (Å²) in [6.07, 6.45) is 1.69. The molecule has 1 heterocycles. The molecule has 3 rings (SSSR count). The molecule has 1 unspecified atom stereocenters. The number of methoxy groups -OCH3 is 1. The minimum absolute atomic E-state index is 0.137. The summed E-state index contributed by atoms with van der Waals surface area (Å²) in [6, 6.07) is 10.8. The Kier molecular flexibility index (Phi) is 6.30. The van der Waals surface area contributed by atoms with E-state index in [0.717, 1.165) is 35.1 Å². The molecule has 1 saturated heterocycles. The van der Waals surface area contributed by atoms with Gasteiger partial charge in [0.1, 0.15) is 11.5 Å². The molecule has 1 aliphatic heterocycles. The highest BCUT2D eigenvalue weighted by Gasteiger charge is 2.45. The van der Waals surface area contributed by atoms with Crippen LogP contribution in [0, 0.1) is 20.8 Å². The molecule has 0 saturated carbocycles. The zero-order chi connectivity index (χ0) is 22.0. The SMILES string of the molecule is CCCCN1C(=O)C(=O)/C(=C(/O)c2cc(C)c(OC)cc2C)C1c1cccc(C)c1. The Bertz CT molecular complexity index is 1020. The van der Waals surface area contributed by atoms with Gasteiger partial charge in [0.25, 0.3) is 11.7 Å². The van der Waals surface area contributed by atoms with Gasteiger partial charge in [0, 0.05) is 12.1 Å². The first-order chi connectivity index (χ1) is 14.3. The molecule has 0 radical (unpaired) electrons. The summed E-state index contributed by atoms with van der Waals surface area (Å²) >= 11 is 0. The van der Waals surface area contributed by atoms with Crippen LogP contribution in [0.5, 0.6) is 5.75 Å². The van der Waals surface area contributed by atoms with Gasteiger partial charge in [-0.05, 0) is 56.0 Å². The van der Waals surface area contributed by atoms with Crippen LogP contribution in [0.2, 0.25) is 0 Å². The zero-order valence-corrected chi connectivity index (χ0v) is 18.3. The van der Waals surface area contributed by atoms with Gasteiger partial charge in [-0.15, -0.1) is 0 Å². The van der Waals surface area contributed by atoms with Crippen molar-refractivity contribution in [3.63, 3.8) is 0 Å². The van der Waals surface area contributed by atoms with Gasteiger partial charge in [0.15, 0.2) is 0 Å². The average molecular weight is 408 g/mol. The number of benzene rings is 2. The van der Waals surface area contributed by atoms with Crippen LogP contribution in [0.15, 0.2) is 42.0 Å². The molecule has 1 N–H and O–H groups in total. The first-order valence-corrected chi connectivity index (χ1v) is 10.3. The van der Waals surface area contributed by atoms with Gasteiger partial charge in [0.05, 0.1) is 18.7 Å². The van der Waals surface area contributed by atoms with Crippen LogP contribution in [0.4, 0.5) is 0 Å². The van der Waals surface area contributed by atoms with Crippen molar-refractivity contribution in [3.8, 4) is 5.75 Å². The van der Waals surface area contributed by atoms with E-state index in [2.05, 4.69) is 0 Å². The Hall–Kier alpha value is -3.08. The van der Waals surface area contributed by atoms with Gasteiger partial charge in [-0.1, -0.05) is 43.2 Å². The first-order valence-electron chi connectivity index (χ1n) is 10.3. The second kappa shape index (κ2) is 8.74. The maximum Gasteiger partial charge on any atom is 0.295 e. The van der Waals surface area contributed by atoms with Crippen molar-refractivity contribution in [1.29, 1.82) is 0 Å². The minimum atomic E-state index is -0.636. The first kappa shape index (κ1) is 21.6. The molecule has 1 atom stereocenters. The highest BCUT2D eigenvalue weighted by Crippen LogP contribution is 2.40. The highest BCUT2D eigenvalue weighted by molar-refractivity contribution is 6.46. The predicted molar refractivity (Wildman–Crippen MR) is 118 cm³/mol. The fourth-order valence-corrected chi connectivity index (χ4v) is 4.04. The van der Waals surface area contributed by atoms with Crippen molar-refractivity contribution in [1.82, 2.24) is 4.90 Å². The molecular formula is C25H29NO4. The molecule has 1 amide bonds. The lowest BCUT2D eigenvalue weighted by molar-refractivity contribution is -0.139. The molecule has 1 aliphatic rings. The predicted octanol–water partition coefficient (Wildman–Crippen LogP) is 4.84. The number of nitrogens with zero attached hydrogens (tertiary/aromatic N) is 1. The Labute approximate surface area is 178 Å². The minimum Gasteiger partial charge on any atom is -0.507 e. The topological polar surface area (TPSA) is 66.8 Å². The van der Waals surface area contributed by atoms with Crippen molar-refractivity contribution in [2.45, 2.75) is 46.6 Å². The lowest BCUT2D eigenvalue weighted by atomic mass is 9.92. The van der Waals surface area contributed by atoms with E-state index < -0.39 is 17.7 Å². The van der Waals surface area contributed by atoms with Gasteiger partial charge < -0.3 is 14.7 Å². The molecule has 30 heavy (non-hydrogen) atoms. The smallest absolute Gasteiger partial charge is 0.295 e. The number of ketones is 1. The fourth-order valence-electron chi connectivity index (χ4n) is 4.04. The Morgan fingerprint density at radius 3 is 2.47 bits per heavy atom. The van der Waals surface area contributed by atoms with Crippen LogP contribution < -0.4 is 4.74 Å². The van der Waals surface area contributed by atoms with Crippen molar-refractivity contribution >= 4 is 17.4 Å². The number of aliphatic hydroxyl groups excluding tert-OH is 1.